The number of esters is 1. The molecule has 0 fully saturated rings. The number of nitrogens with zero attached hydrogens (tertiary/aromatic N) is 2. The quantitative estimate of drug-likeness (QED) is 0.167. The minimum Gasteiger partial charge on any atom is -0.497 e. The highest BCUT2D eigenvalue weighted by Gasteiger charge is 2.25. The lowest BCUT2D eigenvalue weighted by atomic mass is 10.0. The molecule has 0 aliphatic heterocycles. The standard InChI is InChI=1S/C33H30F2N2O4S/c1-4-41-33(39)26-20-37(19-24-27(34)11-8-12-28(24)35)32-29(30(26)38)25(18-36(2)17-21-9-6-5-7-10-21)31(42-32)22-13-15-23(40-3)16-14-22/h5-16,20H,4,17-19H2,1-3H3. The Kier molecular flexibility index (Phi) is 8.80. The van der Waals surface area contributed by atoms with E-state index in [0.717, 1.165) is 21.6 Å². The lowest BCUT2D eigenvalue weighted by Crippen LogP contribution is -2.23. The van der Waals surface area contributed by atoms with Crippen LogP contribution in [0.15, 0.2) is 83.8 Å². The SMILES string of the molecule is CCOC(=O)c1cn(Cc2c(F)cccc2F)c2sc(-c3ccc(OC)cc3)c(CN(C)Cc3ccccc3)c2c1=O. The molecule has 2 heterocycles. The van der Waals surface area contributed by atoms with Crippen LogP contribution in [-0.4, -0.2) is 36.2 Å². The molecule has 2 aromatic heterocycles. The molecule has 0 bridgehead atoms. The smallest absolute Gasteiger partial charge is 0.343 e. The van der Waals surface area contributed by atoms with Gasteiger partial charge in [0, 0.05) is 29.7 Å². The zero-order chi connectivity index (χ0) is 29.8. The fourth-order valence-corrected chi connectivity index (χ4v) is 6.26. The summed E-state index contributed by atoms with van der Waals surface area (Å²) in [5.74, 6) is -1.53. The average Bonchev–Trinajstić information content (AvgIpc) is 3.36. The van der Waals surface area contributed by atoms with Crippen LogP contribution in [0.5, 0.6) is 5.75 Å². The lowest BCUT2D eigenvalue weighted by molar-refractivity contribution is 0.0524. The van der Waals surface area contributed by atoms with Crippen molar-refractivity contribution in [3.63, 3.8) is 0 Å². The van der Waals surface area contributed by atoms with Gasteiger partial charge >= 0.3 is 5.97 Å². The zero-order valence-corrected chi connectivity index (χ0v) is 24.3. The largest absolute Gasteiger partial charge is 0.497 e. The average molecular weight is 589 g/mol. The summed E-state index contributed by atoms with van der Waals surface area (Å²) in [6.45, 7) is 2.51. The van der Waals surface area contributed by atoms with Crippen LogP contribution in [-0.2, 0) is 24.4 Å². The van der Waals surface area contributed by atoms with E-state index in [9.17, 15) is 18.4 Å². The maximum absolute atomic E-state index is 14.8. The van der Waals surface area contributed by atoms with Crippen molar-refractivity contribution < 1.29 is 23.0 Å². The first-order valence-electron chi connectivity index (χ1n) is 13.5. The number of halogens is 2. The van der Waals surface area contributed by atoms with Crippen LogP contribution >= 0.6 is 11.3 Å². The van der Waals surface area contributed by atoms with E-state index in [1.807, 2.05) is 61.6 Å². The number of aromatic nitrogens is 1. The third-order valence-corrected chi connectivity index (χ3v) is 8.29. The van der Waals surface area contributed by atoms with E-state index in [-0.39, 0.29) is 24.3 Å². The van der Waals surface area contributed by atoms with Gasteiger partial charge in [0.05, 0.1) is 25.6 Å². The number of rotatable bonds is 10. The van der Waals surface area contributed by atoms with Crippen LogP contribution in [0.3, 0.4) is 0 Å². The molecule has 0 saturated heterocycles. The van der Waals surface area contributed by atoms with Gasteiger partial charge in [0.25, 0.3) is 0 Å². The minimum absolute atomic E-state index is 0.0751. The maximum Gasteiger partial charge on any atom is 0.343 e. The van der Waals surface area contributed by atoms with Crippen molar-refractivity contribution in [3.05, 3.63) is 123 Å². The molecule has 42 heavy (non-hydrogen) atoms. The molecule has 0 radical (unpaired) electrons. The van der Waals surface area contributed by atoms with Crippen molar-refractivity contribution in [3.8, 4) is 16.2 Å². The molecule has 0 amide bonds. The van der Waals surface area contributed by atoms with Crippen molar-refractivity contribution in [2.45, 2.75) is 26.6 Å². The van der Waals surface area contributed by atoms with Gasteiger partial charge in [-0.1, -0.05) is 36.4 Å². The third kappa shape index (κ3) is 5.98. The maximum atomic E-state index is 14.8. The van der Waals surface area contributed by atoms with Gasteiger partial charge in [-0.3, -0.25) is 9.69 Å². The van der Waals surface area contributed by atoms with Crippen LogP contribution in [0, 0.1) is 11.6 Å². The van der Waals surface area contributed by atoms with Crippen LogP contribution < -0.4 is 10.2 Å². The summed E-state index contributed by atoms with van der Waals surface area (Å²) in [6.07, 6.45) is 1.35. The monoisotopic (exact) mass is 588 g/mol. The molecule has 0 N–H and O–H groups in total. The Morgan fingerprint density at radius 1 is 0.929 bits per heavy atom. The van der Waals surface area contributed by atoms with Gasteiger partial charge in [0.2, 0.25) is 5.43 Å². The van der Waals surface area contributed by atoms with Gasteiger partial charge in [-0.25, -0.2) is 13.6 Å². The number of carbonyl (C=O) groups excluding carboxylic acids is 1. The van der Waals surface area contributed by atoms with Crippen LogP contribution in [0.25, 0.3) is 20.7 Å². The number of fused-ring (bicyclic) bond motifs is 1. The van der Waals surface area contributed by atoms with Crippen molar-refractivity contribution >= 4 is 27.5 Å². The fourth-order valence-electron chi connectivity index (χ4n) is 4.97. The van der Waals surface area contributed by atoms with Crippen LogP contribution in [0.4, 0.5) is 8.78 Å². The van der Waals surface area contributed by atoms with E-state index >= 15 is 0 Å². The highest BCUT2D eigenvalue weighted by molar-refractivity contribution is 7.22. The summed E-state index contributed by atoms with van der Waals surface area (Å²) in [7, 11) is 3.54. The number of hydrogen-bond donors (Lipinski definition) is 0. The van der Waals surface area contributed by atoms with Crippen molar-refractivity contribution in [2.75, 3.05) is 20.8 Å². The molecule has 0 unspecified atom stereocenters. The van der Waals surface area contributed by atoms with E-state index in [1.54, 1.807) is 18.6 Å². The first-order valence-corrected chi connectivity index (χ1v) is 14.3. The minimum atomic E-state index is -0.784. The van der Waals surface area contributed by atoms with Gasteiger partial charge in [-0.15, -0.1) is 11.3 Å². The molecular weight excluding hydrogens is 558 g/mol. The molecule has 0 atom stereocenters. The molecule has 0 spiro atoms. The summed E-state index contributed by atoms with van der Waals surface area (Å²) in [5.41, 5.74) is 1.84. The van der Waals surface area contributed by atoms with E-state index in [1.165, 1.54) is 35.7 Å². The Bertz CT molecular complexity index is 1760. The summed E-state index contributed by atoms with van der Waals surface area (Å²) >= 11 is 1.34. The molecule has 6 nitrogen and oxygen atoms in total. The molecule has 0 saturated carbocycles. The first-order chi connectivity index (χ1) is 20.3. The Hall–Kier alpha value is -4.34. The van der Waals surface area contributed by atoms with E-state index in [0.29, 0.717) is 29.1 Å². The fraction of sp³-hybridized carbons (Fsp3) is 0.212. The van der Waals surface area contributed by atoms with Crippen molar-refractivity contribution in [1.29, 1.82) is 0 Å². The number of thiophene rings is 1. The summed E-state index contributed by atoms with van der Waals surface area (Å²) < 4.78 is 41.7. The lowest BCUT2D eigenvalue weighted by Gasteiger charge is -2.18. The van der Waals surface area contributed by atoms with Gasteiger partial charge in [0.1, 0.15) is 27.8 Å². The number of carbonyl (C=O) groups is 1. The molecular formula is C33H30F2N2O4S. The predicted molar refractivity (Wildman–Crippen MR) is 161 cm³/mol. The number of methoxy groups -OCH3 is 1. The molecule has 3 aromatic carbocycles. The van der Waals surface area contributed by atoms with Crippen molar-refractivity contribution in [1.82, 2.24) is 9.47 Å². The normalized spacial score (nSPS) is 11.3. The first kappa shape index (κ1) is 29.2. The molecule has 5 rings (SSSR count). The van der Waals surface area contributed by atoms with E-state index in [2.05, 4.69) is 4.90 Å². The van der Waals surface area contributed by atoms with Gasteiger partial charge in [-0.2, -0.15) is 0 Å². The number of hydrogen-bond acceptors (Lipinski definition) is 6. The zero-order valence-electron chi connectivity index (χ0n) is 23.5. The highest BCUT2D eigenvalue weighted by Crippen LogP contribution is 2.39. The second kappa shape index (κ2) is 12.7. The van der Waals surface area contributed by atoms with Crippen LogP contribution in [0.2, 0.25) is 0 Å². The van der Waals surface area contributed by atoms with Crippen molar-refractivity contribution in [2.24, 2.45) is 0 Å². The Balaban J connectivity index is 1.74. The Morgan fingerprint density at radius 2 is 1.62 bits per heavy atom. The predicted octanol–water partition coefficient (Wildman–Crippen LogP) is 6.87. The van der Waals surface area contributed by atoms with Gasteiger partial charge < -0.3 is 14.0 Å². The van der Waals surface area contributed by atoms with Gasteiger partial charge in [0.15, 0.2) is 0 Å². The molecule has 9 heteroatoms. The Morgan fingerprint density at radius 3 is 2.26 bits per heavy atom. The second-order valence-corrected chi connectivity index (χ2v) is 10.9. The highest BCUT2D eigenvalue weighted by atomic mass is 32.1. The van der Waals surface area contributed by atoms with Crippen LogP contribution in [0.1, 0.15) is 34.0 Å². The number of pyridine rings is 1. The second-order valence-electron chi connectivity index (χ2n) is 9.90. The number of benzene rings is 3. The van der Waals surface area contributed by atoms with Gasteiger partial charge in [-0.05, 0) is 67.1 Å². The summed E-state index contributed by atoms with van der Waals surface area (Å²) in [5, 5.41) is 0.327. The Labute approximate surface area is 246 Å². The summed E-state index contributed by atoms with van der Waals surface area (Å²) in [6, 6.07) is 21.1. The topological polar surface area (TPSA) is 60.8 Å². The van der Waals surface area contributed by atoms with E-state index < -0.39 is 23.0 Å². The number of ether oxygens (including phenoxy) is 2. The molecule has 0 aliphatic rings. The molecule has 0 aliphatic carbocycles. The van der Waals surface area contributed by atoms with E-state index in [4.69, 9.17) is 9.47 Å². The molecule has 5 aromatic rings. The molecule has 216 valence electrons. The third-order valence-electron chi connectivity index (χ3n) is 6.97. The summed E-state index contributed by atoms with van der Waals surface area (Å²) in [4.78, 5) is 30.4.